The SMILES string of the molecule is C#C[C@@H]1CCC(=O)N1CCCc1nc(C)c(OC)o1. The summed E-state index contributed by atoms with van der Waals surface area (Å²) in [5, 5.41) is 0. The molecular formula is C14H18N2O3. The monoisotopic (exact) mass is 262 g/mol. The van der Waals surface area contributed by atoms with Crippen LogP contribution in [-0.4, -0.2) is 35.5 Å². The fourth-order valence-electron chi connectivity index (χ4n) is 2.32. The van der Waals surface area contributed by atoms with Gasteiger partial charge in [-0.25, -0.2) is 4.98 Å². The van der Waals surface area contributed by atoms with Crippen LogP contribution in [0.25, 0.3) is 0 Å². The highest BCUT2D eigenvalue weighted by Gasteiger charge is 2.28. The number of nitrogens with zero attached hydrogens (tertiary/aromatic N) is 2. The van der Waals surface area contributed by atoms with E-state index in [-0.39, 0.29) is 11.9 Å². The summed E-state index contributed by atoms with van der Waals surface area (Å²) < 4.78 is 10.5. The Morgan fingerprint density at radius 3 is 3.05 bits per heavy atom. The number of hydrogen-bond donors (Lipinski definition) is 0. The first kappa shape index (κ1) is 13.5. The number of terminal acetylenes is 1. The van der Waals surface area contributed by atoms with E-state index in [0.29, 0.717) is 31.2 Å². The Bertz CT molecular complexity index is 501. The average molecular weight is 262 g/mol. The maximum Gasteiger partial charge on any atom is 0.307 e. The van der Waals surface area contributed by atoms with Gasteiger partial charge in [-0.15, -0.1) is 6.42 Å². The van der Waals surface area contributed by atoms with E-state index in [9.17, 15) is 4.79 Å². The molecule has 5 heteroatoms. The van der Waals surface area contributed by atoms with Crippen LogP contribution in [0.4, 0.5) is 0 Å². The van der Waals surface area contributed by atoms with Crippen molar-refractivity contribution in [2.75, 3.05) is 13.7 Å². The molecule has 1 aromatic heterocycles. The van der Waals surface area contributed by atoms with Crippen LogP contribution in [0.3, 0.4) is 0 Å². The Morgan fingerprint density at radius 1 is 1.63 bits per heavy atom. The molecule has 1 aromatic rings. The third kappa shape index (κ3) is 2.90. The highest BCUT2D eigenvalue weighted by Crippen LogP contribution is 2.21. The Hall–Kier alpha value is -1.96. The Labute approximate surface area is 112 Å². The number of oxazole rings is 1. The van der Waals surface area contributed by atoms with Crippen LogP contribution in [0.5, 0.6) is 5.95 Å². The Kier molecular flexibility index (Phi) is 4.10. The van der Waals surface area contributed by atoms with Gasteiger partial charge in [0.15, 0.2) is 5.89 Å². The van der Waals surface area contributed by atoms with Crippen molar-refractivity contribution in [1.29, 1.82) is 0 Å². The van der Waals surface area contributed by atoms with Gasteiger partial charge in [-0.2, -0.15) is 0 Å². The number of aromatic nitrogens is 1. The molecule has 0 bridgehead atoms. The normalized spacial score (nSPS) is 18.7. The van der Waals surface area contributed by atoms with Crippen LogP contribution in [0.15, 0.2) is 4.42 Å². The van der Waals surface area contributed by atoms with Crippen molar-refractivity contribution in [3.8, 4) is 18.3 Å². The third-order valence-electron chi connectivity index (χ3n) is 3.29. The van der Waals surface area contributed by atoms with Crippen molar-refractivity contribution >= 4 is 5.91 Å². The van der Waals surface area contributed by atoms with Gasteiger partial charge in [-0.1, -0.05) is 5.92 Å². The van der Waals surface area contributed by atoms with E-state index in [4.69, 9.17) is 15.6 Å². The lowest BCUT2D eigenvalue weighted by atomic mass is 10.2. The highest BCUT2D eigenvalue weighted by molar-refractivity contribution is 5.79. The number of methoxy groups -OCH3 is 1. The first-order valence-electron chi connectivity index (χ1n) is 6.41. The first-order valence-corrected chi connectivity index (χ1v) is 6.41. The summed E-state index contributed by atoms with van der Waals surface area (Å²) in [7, 11) is 1.55. The lowest BCUT2D eigenvalue weighted by molar-refractivity contribution is -0.128. The topological polar surface area (TPSA) is 55.6 Å². The van der Waals surface area contributed by atoms with Gasteiger partial charge >= 0.3 is 5.95 Å². The van der Waals surface area contributed by atoms with Crippen LogP contribution in [-0.2, 0) is 11.2 Å². The number of rotatable bonds is 5. The molecule has 5 nitrogen and oxygen atoms in total. The van der Waals surface area contributed by atoms with E-state index in [1.807, 2.05) is 6.92 Å². The predicted molar refractivity (Wildman–Crippen MR) is 69.7 cm³/mol. The summed E-state index contributed by atoms with van der Waals surface area (Å²) in [6.45, 7) is 2.49. The van der Waals surface area contributed by atoms with Gasteiger partial charge < -0.3 is 14.1 Å². The predicted octanol–water partition coefficient (Wildman–Crippen LogP) is 1.55. The average Bonchev–Trinajstić information content (AvgIpc) is 2.93. The number of likely N-dealkylation sites (tertiary alicyclic amines) is 1. The maximum atomic E-state index is 11.7. The zero-order valence-electron chi connectivity index (χ0n) is 11.3. The number of hydrogen-bond acceptors (Lipinski definition) is 4. The molecule has 1 fully saturated rings. The second-order valence-corrected chi connectivity index (χ2v) is 4.60. The molecule has 1 aliphatic rings. The van der Waals surface area contributed by atoms with Crippen molar-refractivity contribution in [3.63, 3.8) is 0 Å². The van der Waals surface area contributed by atoms with Gasteiger partial charge in [0.2, 0.25) is 5.91 Å². The van der Waals surface area contributed by atoms with Gasteiger partial charge in [0, 0.05) is 19.4 Å². The molecule has 0 aliphatic carbocycles. The molecule has 1 atom stereocenters. The molecule has 19 heavy (non-hydrogen) atoms. The molecule has 1 saturated heterocycles. The zero-order valence-corrected chi connectivity index (χ0v) is 11.3. The zero-order chi connectivity index (χ0) is 13.8. The van der Waals surface area contributed by atoms with E-state index < -0.39 is 0 Å². The van der Waals surface area contributed by atoms with Crippen molar-refractivity contribution in [1.82, 2.24) is 9.88 Å². The van der Waals surface area contributed by atoms with Crippen molar-refractivity contribution < 1.29 is 13.9 Å². The number of carbonyl (C=O) groups excluding carboxylic acids is 1. The fourth-order valence-corrected chi connectivity index (χ4v) is 2.32. The van der Waals surface area contributed by atoms with Crippen molar-refractivity contribution in [2.24, 2.45) is 0 Å². The minimum atomic E-state index is -0.0478. The molecule has 102 valence electrons. The van der Waals surface area contributed by atoms with E-state index in [2.05, 4.69) is 10.9 Å². The number of carbonyl (C=O) groups is 1. The maximum absolute atomic E-state index is 11.7. The molecule has 0 spiro atoms. The van der Waals surface area contributed by atoms with Gasteiger partial charge in [0.1, 0.15) is 5.69 Å². The largest absolute Gasteiger partial charge is 0.467 e. The molecule has 0 N–H and O–H groups in total. The van der Waals surface area contributed by atoms with Gasteiger partial charge in [0.05, 0.1) is 13.2 Å². The number of amides is 1. The highest BCUT2D eigenvalue weighted by atomic mass is 16.6. The smallest absolute Gasteiger partial charge is 0.307 e. The van der Waals surface area contributed by atoms with Crippen LogP contribution >= 0.6 is 0 Å². The standard InChI is InChI=1S/C14H18N2O3/c1-4-11-7-8-13(17)16(11)9-5-6-12-15-10(2)14(18-3)19-12/h1,11H,5-9H2,2-3H3/t11-/m1/s1. The first-order chi connectivity index (χ1) is 9.15. The summed E-state index contributed by atoms with van der Waals surface area (Å²) in [6, 6.07) is -0.0478. The second-order valence-electron chi connectivity index (χ2n) is 4.60. The van der Waals surface area contributed by atoms with Crippen molar-refractivity contribution in [2.45, 2.75) is 38.6 Å². The minimum absolute atomic E-state index is 0.0478. The van der Waals surface area contributed by atoms with Gasteiger partial charge in [-0.05, 0) is 19.8 Å². The third-order valence-corrected chi connectivity index (χ3v) is 3.29. The molecule has 2 rings (SSSR count). The summed E-state index contributed by atoms with van der Waals surface area (Å²) in [5.74, 6) is 3.89. The van der Waals surface area contributed by atoms with Crippen LogP contribution in [0.1, 0.15) is 30.8 Å². The molecule has 2 heterocycles. The second kappa shape index (κ2) is 5.79. The van der Waals surface area contributed by atoms with E-state index in [0.717, 1.165) is 18.5 Å². The van der Waals surface area contributed by atoms with E-state index >= 15 is 0 Å². The Balaban J connectivity index is 1.86. The number of aryl methyl sites for hydroxylation is 2. The summed E-state index contributed by atoms with van der Waals surface area (Å²) >= 11 is 0. The van der Waals surface area contributed by atoms with Crippen LogP contribution in [0, 0.1) is 19.3 Å². The molecule has 0 saturated carbocycles. The summed E-state index contributed by atoms with van der Waals surface area (Å²) in [4.78, 5) is 17.7. The molecular weight excluding hydrogens is 244 g/mol. The summed E-state index contributed by atoms with van der Waals surface area (Å²) in [5.41, 5.74) is 0.747. The Morgan fingerprint density at radius 2 is 2.42 bits per heavy atom. The minimum Gasteiger partial charge on any atom is -0.467 e. The molecule has 1 amide bonds. The lowest BCUT2D eigenvalue weighted by Crippen LogP contribution is -2.33. The molecule has 0 unspecified atom stereocenters. The van der Waals surface area contributed by atoms with Crippen LogP contribution < -0.4 is 4.74 Å². The van der Waals surface area contributed by atoms with Gasteiger partial charge in [0.25, 0.3) is 0 Å². The van der Waals surface area contributed by atoms with Crippen molar-refractivity contribution in [3.05, 3.63) is 11.6 Å². The quantitative estimate of drug-likeness (QED) is 0.755. The fraction of sp³-hybridized carbons (Fsp3) is 0.571. The van der Waals surface area contributed by atoms with Gasteiger partial charge in [-0.3, -0.25) is 4.79 Å². The molecule has 0 radical (unpaired) electrons. The number of ether oxygens (including phenoxy) is 1. The lowest BCUT2D eigenvalue weighted by Gasteiger charge is -2.20. The van der Waals surface area contributed by atoms with Crippen LogP contribution in [0.2, 0.25) is 0 Å². The summed E-state index contributed by atoms with van der Waals surface area (Å²) in [6.07, 6.45) is 8.20. The molecule has 1 aliphatic heterocycles. The molecule has 0 aromatic carbocycles. The van der Waals surface area contributed by atoms with E-state index in [1.165, 1.54) is 0 Å². The van der Waals surface area contributed by atoms with E-state index in [1.54, 1.807) is 12.0 Å².